The molecule has 2 aromatic rings. The number of thioether (sulfide) groups is 1. The van der Waals surface area contributed by atoms with Gasteiger partial charge < -0.3 is 9.73 Å². The molecule has 1 amide bonds. The number of nitrogens with one attached hydrogen (secondary N) is 1. The second-order valence-corrected chi connectivity index (χ2v) is 9.72. The first-order chi connectivity index (χ1) is 13.3. The van der Waals surface area contributed by atoms with E-state index in [1.165, 1.54) is 10.6 Å². The van der Waals surface area contributed by atoms with Crippen LogP contribution in [0.25, 0.3) is 0 Å². The van der Waals surface area contributed by atoms with Crippen molar-refractivity contribution in [1.82, 2.24) is 5.32 Å². The fourth-order valence-corrected chi connectivity index (χ4v) is 4.53. The van der Waals surface area contributed by atoms with Gasteiger partial charge in [-0.05, 0) is 49.6 Å². The zero-order valence-electron chi connectivity index (χ0n) is 16.6. The maximum absolute atomic E-state index is 12.2. The Balaban J connectivity index is 1.75. The molecule has 0 radical (unpaired) electrons. The minimum absolute atomic E-state index is 0.0620. The van der Waals surface area contributed by atoms with Gasteiger partial charge in [0.15, 0.2) is 0 Å². The van der Waals surface area contributed by atoms with Crippen LogP contribution in [0, 0.1) is 13.8 Å². The van der Waals surface area contributed by atoms with Crippen molar-refractivity contribution in [3.05, 3.63) is 53.5 Å². The van der Waals surface area contributed by atoms with Gasteiger partial charge in [-0.3, -0.25) is 9.10 Å². The first kappa shape index (κ1) is 22.4. The first-order valence-corrected chi connectivity index (χ1v) is 12.2. The van der Waals surface area contributed by atoms with E-state index in [-0.39, 0.29) is 12.5 Å². The lowest BCUT2D eigenvalue weighted by Crippen LogP contribution is -2.33. The fraction of sp³-hybridized carbons (Fsp3) is 0.450. The van der Waals surface area contributed by atoms with E-state index in [0.717, 1.165) is 28.4 Å². The number of amides is 1. The van der Waals surface area contributed by atoms with Crippen molar-refractivity contribution in [1.29, 1.82) is 0 Å². The Bertz CT molecular complexity index is 864. The van der Waals surface area contributed by atoms with Crippen molar-refractivity contribution in [2.75, 3.05) is 29.4 Å². The molecule has 1 aromatic heterocycles. The largest absolute Gasteiger partial charge is 0.468 e. The minimum Gasteiger partial charge on any atom is -0.468 e. The average Bonchev–Trinajstić information content (AvgIpc) is 3.13. The van der Waals surface area contributed by atoms with Gasteiger partial charge in [-0.25, -0.2) is 8.42 Å². The molecule has 1 N–H and O–H groups in total. The predicted molar refractivity (Wildman–Crippen MR) is 115 cm³/mol. The summed E-state index contributed by atoms with van der Waals surface area (Å²) in [7, 11) is -3.41. The standard InChI is InChI=1S/C20H28N2O4S2/c1-16-8-9-17(2)19(14-16)22(28(3,24)25)11-4-7-20(23)21-10-13-27-15-18-6-5-12-26-18/h5-6,8-9,12,14H,4,7,10-11,13,15H2,1-3H3,(H,21,23). The normalized spacial score (nSPS) is 11.4. The van der Waals surface area contributed by atoms with Crippen molar-refractivity contribution in [3.63, 3.8) is 0 Å². The lowest BCUT2D eigenvalue weighted by molar-refractivity contribution is -0.121. The van der Waals surface area contributed by atoms with Crippen LogP contribution in [-0.4, -0.2) is 39.4 Å². The molecular weight excluding hydrogens is 396 g/mol. The first-order valence-electron chi connectivity index (χ1n) is 9.19. The molecular formula is C20H28N2O4S2. The molecule has 0 aliphatic heterocycles. The van der Waals surface area contributed by atoms with Crippen molar-refractivity contribution in [2.24, 2.45) is 0 Å². The summed E-state index contributed by atoms with van der Waals surface area (Å²) in [5, 5.41) is 2.88. The molecule has 0 saturated carbocycles. The van der Waals surface area contributed by atoms with Crippen LogP contribution in [0.5, 0.6) is 0 Å². The van der Waals surface area contributed by atoms with Gasteiger partial charge in [0.05, 0.1) is 24.0 Å². The lowest BCUT2D eigenvalue weighted by atomic mass is 10.1. The molecule has 0 atom stereocenters. The van der Waals surface area contributed by atoms with Gasteiger partial charge in [0.1, 0.15) is 5.76 Å². The second-order valence-electron chi connectivity index (χ2n) is 6.71. The molecule has 1 heterocycles. The number of furan rings is 1. The number of carbonyl (C=O) groups is 1. The number of aryl methyl sites for hydroxylation is 2. The summed E-state index contributed by atoms with van der Waals surface area (Å²) in [4.78, 5) is 12.0. The zero-order valence-corrected chi connectivity index (χ0v) is 18.2. The summed E-state index contributed by atoms with van der Waals surface area (Å²) in [6.07, 6.45) is 3.60. The van der Waals surface area contributed by atoms with E-state index in [9.17, 15) is 13.2 Å². The van der Waals surface area contributed by atoms with E-state index in [0.29, 0.717) is 25.1 Å². The van der Waals surface area contributed by atoms with Gasteiger partial charge in [-0.1, -0.05) is 12.1 Å². The fourth-order valence-electron chi connectivity index (χ4n) is 2.75. The van der Waals surface area contributed by atoms with E-state index in [4.69, 9.17) is 4.42 Å². The topological polar surface area (TPSA) is 79.6 Å². The Hall–Kier alpha value is -1.93. The summed E-state index contributed by atoms with van der Waals surface area (Å²) < 4.78 is 31.1. The zero-order chi connectivity index (χ0) is 20.6. The molecule has 0 bridgehead atoms. The summed E-state index contributed by atoms with van der Waals surface area (Å²) in [6, 6.07) is 9.52. The molecule has 0 fully saturated rings. The molecule has 0 aliphatic rings. The molecule has 2 rings (SSSR count). The van der Waals surface area contributed by atoms with Crippen LogP contribution >= 0.6 is 11.8 Å². The van der Waals surface area contributed by atoms with Gasteiger partial charge in [-0.2, -0.15) is 11.8 Å². The molecule has 154 valence electrons. The van der Waals surface area contributed by atoms with E-state index >= 15 is 0 Å². The number of benzene rings is 1. The monoisotopic (exact) mass is 424 g/mol. The number of hydrogen-bond acceptors (Lipinski definition) is 5. The van der Waals surface area contributed by atoms with Crippen LogP contribution in [0.15, 0.2) is 41.0 Å². The highest BCUT2D eigenvalue weighted by atomic mass is 32.2. The second kappa shape index (κ2) is 10.6. The van der Waals surface area contributed by atoms with Gasteiger partial charge >= 0.3 is 0 Å². The van der Waals surface area contributed by atoms with E-state index in [1.54, 1.807) is 18.0 Å². The maximum atomic E-state index is 12.2. The van der Waals surface area contributed by atoms with Gasteiger partial charge in [0, 0.05) is 25.3 Å². The minimum atomic E-state index is -3.41. The van der Waals surface area contributed by atoms with Crippen LogP contribution < -0.4 is 9.62 Å². The van der Waals surface area contributed by atoms with Gasteiger partial charge in [0.25, 0.3) is 0 Å². The molecule has 0 spiro atoms. The Labute approximate surface area is 171 Å². The molecule has 6 nitrogen and oxygen atoms in total. The smallest absolute Gasteiger partial charge is 0.232 e. The molecule has 8 heteroatoms. The highest BCUT2D eigenvalue weighted by molar-refractivity contribution is 7.98. The Kier molecular flexibility index (Phi) is 8.44. The number of sulfonamides is 1. The van der Waals surface area contributed by atoms with Crippen molar-refractivity contribution in [3.8, 4) is 0 Å². The summed E-state index contributed by atoms with van der Waals surface area (Å²) in [6.45, 7) is 4.68. The van der Waals surface area contributed by atoms with Crippen LogP contribution in [0.3, 0.4) is 0 Å². The van der Waals surface area contributed by atoms with Crippen molar-refractivity contribution in [2.45, 2.75) is 32.4 Å². The van der Waals surface area contributed by atoms with E-state index in [2.05, 4.69) is 5.32 Å². The average molecular weight is 425 g/mol. The third kappa shape index (κ3) is 7.24. The van der Waals surface area contributed by atoms with Gasteiger partial charge in [0.2, 0.25) is 15.9 Å². The summed E-state index contributed by atoms with van der Waals surface area (Å²) in [5.74, 6) is 2.43. The Morgan fingerprint density at radius 3 is 2.71 bits per heavy atom. The SMILES string of the molecule is Cc1ccc(C)c(N(CCCC(=O)NCCSCc2ccco2)S(C)(=O)=O)c1. The molecule has 0 saturated heterocycles. The molecule has 28 heavy (non-hydrogen) atoms. The van der Waals surface area contributed by atoms with Crippen molar-refractivity contribution < 1.29 is 17.6 Å². The lowest BCUT2D eigenvalue weighted by Gasteiger charge is -2.24. The molecule has 0 unspecified atom stereocenters. The Morgan fingerprint density at radius 2 is 2.04 bits per heavy atom. The highest BCUT2D eigenvalue weighted by Gasteiger charge is 2.19. The number of rotatable bonds is 11. The summed E-state index contributed by atoms with van der Waals surface area (Å²) in [5.41, 5.74) is 2.57. The van der Waals surface area contributed by atoms with E-state index in [1.807, 2.05) is 44.2 Å². The van der Waals surface area contributed by atoms with Crippen LogP contribution in [0.4, 0.5) is 5.69 Å². The quantitative estimate of drug-likeness (QED) is 0.559. The maximum Gasteiger partial charge on any atom is 0.232 e. The van der Waals surface area contributed by atoms with Crippen molar-refractivity contribution >= 4 is 33.4 Å². The third-order valence-corrected chi connectivity index (χ3v) is 6.35. The van der Waals surface area contributed by atoms with Crippen LogP contribution in [-0.2, 0) is 20.6 Å². The number of anilines is 1. The molecule has 1 aromatic carbocycles. The van der Waals surface area contributed by atoms with Crippen LogP contribution in [0.2, 0.25) is 0 Å². The Morgan fingerprint density at radius 1 is 1.25 bits per heavy atom. The van der Waals surface area contributed by atoms with Crippen LogP contribution in [0.1, 0.15) is 29.7 Å². The highest BCUT2D eigenvalue weighted by Crippen LogP contribution is 2.24. The van der Waals surface area contributed by atoms with Gasteiger partial charge in [-0.15, -0.1) is 0 Å². The number of carbonyl (C=O) groups excluding carboxylic acids is 1. The number of nitrogens with zero attached hydrogens (tertiary/aromatic N) is 1. The molecule has 0 aliphatic carbocycles. The summed E-state index contributed by atoms with van der Waals surface area (Å²) >= 11 is 1.69. The van der Waals surface area contributed by atoms with E-state index < -0.39 is 10.0 Å². The predicted octanol–water partition coefficient (Wildman–Crippen LogP) is 3.49. The third-order valence-electron chi connectivity index (χ3n) is 4.19. The number of hydrogen-bond donors (Lipinski definition) is 1.